The number of nitrogens with zero attached hydrogens (tertiary/aromatic N) is 1. The summed E-state index contributed by atoms with van der Waals surface area (Å²) < 4.78 is 15.9. The maximum atomic E-state index is 10.0. The van der Waals surface area contributed by atoms with Crippen LogP contribution >= 0.6 is 11.6 Å². The van der Waals surface area contributed by atoms with Crippen molar-refractivity contribution in [2.75, 3.05) is 18.9 Å². The number of fused-ring (bicyclic) bond motifs is 1. The highest BCUT2D eigenvalue weighted by Gasteiger charge is 2.25. The molecule has 2 aromatic rings. The minimum Gasteiger partial charge on any atom is -0.505 e. The number of halogens is 1. The second kappa shape index (κ2) is 3.99. The monoisotopic (exact) mass is 268 g/mol. The molecule has 3 rings (SSSR count). The number of nitrogens with two attached hydrogens (primary N) is 1. The predicted molar refractivity (Wildman–Crippen MR) is 64.0 cm³/mol. The third-order valence-electron chi connectivity index (χ3n) is 2.53. The summed E-state index contributed by atoms with van der Waals surface area (Å²) in [5, 5.41) is 13.7. The third-order valence-corrected chi connectivity index (χ3v) is 2.82. The van der Waals surface area contributed by atoms with E-state index in [2.05, 4.69) is 5.16 Å². The van der Waals surface area contributed by atoms with E-state index in [0.29, 0.717) is 30.3 Å². The van der Waals surface area contributed by atoms with Gasteiger partial charge < -0.3 is 24.8 Å². The number of aromatic nitrogens is 1. The van der Waals surface area contributed by atoms with Gasteiger partial charge in [0.25, 0.3) is 0 Å². The summed E-state index contributed by atoms with van der Waals surface area (Å²) in [4.78, 5) is 0. The second-order valence-electron chi connectivity index (χ2n) is 3.72. The first kappa shape index (κ1) is 11.0. The number of hydrogen-bond donors (Lipinski definition) is 2. The van der Waals surface area contributed by atoms with E-state index in [4.69, 9.17) is 31.3 Å². The fraction of sp³-hybridized carbons (Fsp3) is 0.182. The molecule has 0 bridgehead atoms. The van der Waals surface area contributed by atoms with Crippen molar-refractivity contribution in [3.63, 3.8) is 0 Å². The molecular formula is C11H9ClN2O4. The molecule has 0 saturated carbocycles. The molecule has 0 fully saturated rings. The van der Waals surface area contributed by atoms with Gasteiger partial charge in [-0.05, 0) is 0 Å². The van der Waals surface area contributed by atoms with Gasteiger partial charge in [0, 0.05) is 12.1 Å². The Bertz CT molecular complexity index is 611. The fourth-order valence-electron chi connectivity index (χ4n) is 1.78. The zero-order valence-corrected chi connectivity index (χ0v) is 9.90. The maximum Gasteiger partial charge on any atom is 0.176 e. The minimum atomic E-state index is -0.155. The lowest BCUT2D eigenvalue weighted by atomic mass is 10.1. The molecule has 7 heteroatoms. The minimum absolute atomic E-state index is 0.143. The number of hydrogen-bond acceptors (Lipinski definition) is 6. The van der Waals surface area contributed by atoms with Crippen molar-refractivity contribution in [3.05, 3.63) is 17.2 Å². The lowest BCUT2D eigenvalue weighted by Crippen LogP contribution is -2.16. The normalized spacial score (nSPS) is 13.6. The van der Waals surface area contributed by atoms with Crippen molar-refractivity contribution in [1.29, 1.82) is 0 Å². The molecule has 0 atom stereocenters. The van der Waals surface area contributed by atoms with Crippen LogP contribution in [-0.4, -0.2) is 23.5 Å². The molecule has 3 N–H and O–H groups in total. The van der Waals surface area contributed by atoms with E-state index < -0.39 is 0 Å². The van der Waals surface area contributed by atoms with Crippen molar-refractivity contribution in [2.45, 2.75) is 0 Å². The van der Waals surface area contributed by atoms with Crippen LogP contribution in [0, 0.1) is 0 Å². The first-order chi connectivity index (χ1) is 8.66. The summed E-state index contributed by atoms with van der Waals surface area (Å²) in [6.07, 6.45) is 0. The molecule has 1 aliphatic rings. The van der Waals surface area contributed by atoms with E-state index in [-0.39, 0.29) is 22.4 Å². The summed E-state index contributed by atoms with van der Waals surface area (Å²) in [6.45, 7) is 0.802. The van der Waals surface area contributed by atoms with Gasteiger partial charge >= 0.3 is 0 Å². The topological polar surface area (TPSA) is 90.7 Å². The van der Waals surface area contributed by atoms with Crippen LogP contribution in [0.2, 0.25) is 5.02 Å². The van der Waals surface area contributed by atoms with Crippen LogP contribution in [0.3, 0.4) is 0 Å². The van der Waals surface area contributed by atoms with Crippen molar-refractivity contribution >= 4 is 17.4 Å². The number of phenols is 1. The highest BCUT2D eigenvalue weighted by molar-refractivity contribution is 6.32. The van der Waals surface area contributed by atoms with Crippen molar-refractivity contribution in [3.8, 4) is 28.6 Å². The molecule has 1 aromatic carbocycles. The Balaban J connectivity index is 2.26. The van der Waals surface area contributed by atoms with Crippen LogP contribution in [0.15, 0.2) is 16.7 Å². The molecule has 0 amide bonds. The Hall–Kier alpha value is -2.08. The standard InChI is InChI=1S/C11H9ClN2O4/c12-5-3-7-11(17-2-1-16-7)9(10(5)15)6-4-8(13)14-18-6/h3-4,15H,1-2H2,(H2,13,14). The number of rotatable bonds is 1. The van der Waals surface area contributed by atoms with E-state index in [0.717, 1.165) is 0 Å². The fourth-order valence-corrected chi connectivity index (χ4v) is 1.97. The molecule has 0 unspecified atom stereocenters. The second-order valence-corrected chi connectivity index (χ2v) is 4.13. The molecule has 18 heavy (non-hydrogen) atoms. The molecule has 6 nitrogen and oxygen atoms in total. The quantitative estimate of drug-likeness (QED) is 0.823. The van der Waals surface area contributed by atoms with Crippen LogP contribution in [0.4, 0.5) is 5.82 Å². The van der Waals surface area contributed by atoms with Gasteiger partial charge in [-0.1, -0.05) is 16.8 Å². The summed E-state index contributed by atoms with van der Waals surface area (Å²) in [5.41, 5.74) is 5.78. The van der Waals surface area contributed by atoms with E-state index in [1.165, 1.54) is 12.1 Å². The number of benzene rings is 1. The number of phenolic OH excluding ortho intramolecular Hbond substituents is 1. The number of anilines is 1. The predicted octanol–water partition coefficient (Wildman–Crippen LogP) is 2.05. The van der Waals surface area contributed by atoms with Crippen molar-refractivity contribution in [1.82, 2.24) is 5.16 Å². The molecule has 0 radical (unpaired) electrons. The van der Waals surface area contributed by atoms with Gasteiger partial charge in [0.1, 0.15) is 24.5 Å². The van der Waals surface area contributed by atoms with Gasteiger partial charge in [0.15, 0.2) is 23.1 Å². The summed E-state index contributed by atoms with van der Waals surface area (Å²) in [6, 6.07) is 2.97. The largest absolute Gasteiger partial charge is 0.505 e. The average Bonchev–Trinajstić information content (AvgIpc) is 2.77. The number of aromatic hydroxyl groups is 1. The van der Waals surface area contributed by atoms with Crippen LogP contribution < -0.4 is 15.2 Å². The van der Waals surface area contributed by atoms with Gasteiger partial charge in [-0.15, -0.1) is 0 Å². The summed E-state index contributed by atoms with van der Waals surface area (Å²) in [5.74, 6) is 1.15. The van der Waals surface area contributed by atoms with E-state index in [9.17, 15) is 5.11 Å². The Kier molecular flexibility index (Phi) is 2.45. The maximum absolute atomic E-state index is 10.0. The Labute approximate surface area is 107 Å². The van der Waals surface area contributed by atoms with Crippen molar-refractivity contribution < 1.29 is 19.1 Å². The molecule has 94 valence electrons. The Morgan fingerprint density at radius 1 is 1.28 bits per heavy atom. The van der Waals surface area contributed by atoms with Gasteiger partial charge in [0.2, 0.25) is 0 Å². The smallest absolute Gasteiger partial charge is 0.176 e. The van der Waals surface area contributed by atoms with Crippen LogP contribution in [0.25, 0.3) is 11.3 Å². The third kappa shape index (κ3) is 1.62. The highest BCUT2D eigenvalue weighted by Crippen LogP contribution is 2.49. The first-order valence-corrected chi connectivity index (χ1v) is 5.58. The lowest BCUT2D eigenvalue weighted by Gasteiger charge is -2.21. The zero-order valence-electron chi connectivity index (χ0n) is 9.14. The van der Waals surface area contributed by atoms with Gasteiger partial charge in [-0.2, -0.15) is 0 Å². The average molecular weight is 269 g/mol. The number of ether oxygens (including phenoxy) is 2. The SMILES string of the molecule is Nc1cc(-c2c(O)c(Cl)cc3c2OCCO3)on1. The Morgan fingerprint density at radius 2 is 2.06 bits per heavy atom. The Morgan fingerprint density at radius 3 is 2.78 bits per heavy atom. The van der Waals surface area contributed by atoms with Gasteiger partial charge in [0.05, 0.1) is 5.02 Å². The van der Waals surface area contributed by atoms with Crippen LogP contribution in [0.1, 0.15) is 0 Å². The highest BCUT2D eigenvalue weighted by atomic mass is 35.5. The molecule has 2 heterocycles. The molecule has 1 aromatic heterocycles. The lowest BCUT2D eigenvalue weighted by molar-refractivity contribution is 0.171. The molecular weight excluding hydrogens is 260 g/mol. The number of nitrogen functional groups attached to an aromatic ring is 1. The van der Waals surface area contributed by atoms with E-state index in [1.807, 2.05) is 0 Å². The van der Waals surface area contributed by atoms with E-state index >= 15 is 0 Å². The van der Waals surface area contributed by atoms with Crippen LogP contribution in [0.5, 0.6) is 17.2 Å². The molecule has 0 saturated heterocycles. The zero-order chi connectivity index (χ0) is 12.7. The van der Waals surface area contributed by atoms with Crippen LogP contribution in [-0.2, 0) is 0 Å². The molecule has 0 aliphatic carbocycles. The molecule has 0 spiro atoms. The van der Waals surface area contributed by atoms with E-state index in [1.54, 1.807) is 0 Å². The van der Waals surface area contributed by atoms with Crippen molar-refractivity contribution in [2.24, 2.45) is 0 Å². The van der Waals surface area contributed by atoms with Gasteiger partial charge in [-0.3, -0.25) is 0 Å². The first-order valence-electron chi connectivity index (χ1n) is 5.20. The summed E-state index contributed by atoms with van der Waals surface area (Å²) >= 11 is 5.93. The molecule has 1 aliphatic heterocycles. The van der Waals surface area contributed by atoms with Gasteiger partial charge in [-0.25, -0.2) is 0 Å². The summed E-state index contributed by atoms with van der Waals surface area (Å²) in [7, 11) is 0.